The Bertz CT molecular complexity index is 362. The molecule has 0 saturated carbocycles. The van der Waals surface area contributed by atoms with Gasteiger partial charge in [-0.3, -0.25) is 10.1 Å². The summed E-state index contributed by atoms with van der Waals surface area (Å²) in [6.45, 7) is 3.75. The first-order chi connectivity index (χ1) is 7.04. The second-order valence-electron chi connectivity index (χ2n) is 3.26. The van der Waals surface area contributed by atoms with Crippen molar-refractivity contribution < 1.29 is 14.4 Å². The van der Waals surface area contributed by atoms with E-state index >= 15 is 0 Å². The van der Waals surface area contributed by atoms with Crippen molar-refractivity contribution in [1.82, 2.24) is 0 Å². The Morgan fingerprint density at radius 1 is 1.33 bits per heavy atom. The smallest absolute Gasteiger partial charge is 0.273 e. The number of hydrogen-bond acceptors (Lipinski definition) is 4. The van der Waals surface area contributed by atoms with Gasteiger partial charge in [0.1, 0.15) is 0 Å². The zero-order valence-corrected chi connectivity index (χ0v) is 8.89. The molecule has 82 valence electrons. The van der Waals surface area contributed by atoms with Crippen LogP contribution in [-0.4, -0.2) is 18.1 Å². The number of nitro groups is 1. The maximum absolute atomic E-state index is 10.5. The number of nitro benzene ring substituents is 1. The van der Waals surface area contributed by atoms with E-state index in [0.29, 0.717) is 11.5 Å². The molecule has 1 aromatic carbocycles. The van der Waals surface area contributed by atoms with Gasteiger partial charge < -0.3 is 9.47 Å². The van der Waals surface area contributed by atoms with Crippen molar-refractivity contribution in [2.24, 2.45) is 0 Å². The minimum absolute atomic E-state index is 0.000330. The number of nitrogens with zero attached hydrogens (tertiary/aromatic N) is 1. The monoisotopic (exact) mass is 211 g/mol. The molecule has 0 heterocycles. The van der Waals surface area contributed by atoms with Crippen LogP contribution in [0.25, 0.3) is 0 Å². The van der Waals surface area contributed by atoms with Crippen molar-refractivity contribution in [3.63, 3.8) is 0 Å². The molecule has 0 aromatic heterocycles. The molecule has 0 bridgehead atoms. The number of benzene rings is 1. The van der Waals surface area contributed by atoms with Crippen LogP contribution >= 0.6 is 0 Å². The SMILES string of the molecule is COc1cc([N+](=O)[O-])ccc1OC(C)C. The highest BCUT2D eigenvalue weighted by Gasteiger charge is 2.12. The molecule has 0 aliphatic carbocycles. The van der Waals surface area contributed by atoms with Gasteiger partial charge in [-0.1, -0.05) is 0 Å². The van der Waals surface area contributed by atoms with Gasteiger partial charge in [0.15, 0.2) is 11.5 Å². The summed E-state index contributed by atoms with van der Waals surface area (Å²) in [6.07, 6.45) is 0.000330. The van der Waals surface area contributed by atoms with E-state index in [1.165, 1.54) is 25.3 Å². The van der Waals surface area contributed by atoms with Crippen LogP contribution in [0.5, 0.6) is 11.5 Å². The van der Waals surface area contributed by atoms with Gasteiger partial charge in [-0.25, -0.2) is 0 Å². The molecule has 1 rings (SSSR count). The minimum atomic E-state index is -0.471. The molecule has 15 heavy (non-hydrogen) atoms. The van der Waals surface area contributed by atoms with Crippen LogP contribution in [0.15, 0.2) is 18.2 Å². The third kappa shape index (κ3) is 2.83. The summed E-state index contributed by atoms with van der Waals surface area (Å²) < 4.78 is 10.4. The Kier molecular flexibility index (Phi) is 3.49. The maximum Gasteiger partial charge on any atom is 0.273 e. The largest absolute Gasteiger partial charge is 0.493 e. The predicted octanol–water partition coefficient (Wildman–Crippen LogP) is 2.39. The Morgan fingerprint density at radius 2 is 2.00 bits per heavy atom. The van der Waals surface area contributed by atoms with Crippen molar-refractivity contribution in [1.29, 1.82) is 0 Å². The lowest BCUT2D eigenvalue weighted by Crippen LogP contribution is -2.06. The van der Waals surface area contributed by atoms with Gasteiger partial charge in [-0.2, -0.15) is 0 Å². The van der Waals surface area contributed by atoms with Crippen LogP contribution in [0.3, 0.4) is 0 Å². The van der Waals surface area contributed by atoms with E-state index in [1.54, 1.807) is 0 Å². The highest BCUT2D eigenvalue weighted by molar-refractivity contribution is 5.48. The van der Waals surface area contributed by atoms with Crippen molar-refractivity contribution in [3.05, 3.63) is 28.3 Å². The number of ether oxygens (including phenoxy) is 2. The fourth-order valence-corrected chi connectivity index (χ4v) is 1.12. The highest BCUT2D eigenvalue weighted by atomic mass is 16.6. The molecule has 0 aliphatic heterocycles. The summed E-state index contributed by atoms with van der Waals surface area (Å²) in [7, 11) is 1.45. The molecule has 0 amide bonds. The summed E-state index contributed by atoms with van der Waals surface area (Å²) in [6, 6.07) is 4.27. The van der Waals surface area contributed by atoms with E-state index in [0.717, 1.165) is 0 Å². The molecule has 5 heteroatoms. The standard InChI is InChI=1S/C10H13NO4/c1-7(2)15-9-5-4-8(11(12)13)6-10(9)14-3/h4-7H,1-3H3. The predicted molar refractivity (Wildman–Crippen MR) is 55.4 cm³/mol. The molecule has 0 fully saturated rings. The molecule has 1 aromatic rings. The van der Waals surface area contributed by atoms with E-state index in [2.05, 4.69) is 0 Å². The molecular weight excluding hydrogens is 198 g/mol. The third-order valence-corrected chi connectivity index (χ3v) is 1.72. The molecule has 0 aliphatic rings. The lowest BCUT2D eigenvalue weighted by atomic mass is 10.3. The van der Waals surface area contributed by atoms with Crippen LogP contribution < -0.4 is 9.47 Å². The maximum atomic E-state index is 10.5. The molecule has 0 saturated heterocycles. The third-order valence-electron chi connectivity index (χ3n) is 1.72. The molecule has 0 spiro atoms. The number of rotatable bonds is 4. The van der Waals surface area contributed by atoms with Crippen molar-refractivity contribution in [2.75, 3.05) is 7.11 Å². The van der Waals surface area contributed by atoms with Gasteiger partial charge in [0.05, 0.1) is 24.2 Å². The van der Waals surface area contributed by atoms with E-state index in [4.69, 9.17) is 9.47 Å². The molecule has 0 radical (unpaired) electrons. The van der Waals surface area contributed by atoms with E-state index in [9.17, 15) is 10.1 Å². The first-order valence-electron chi connectivity index (χ1n) is 4.53. The molecule has 0 unspecified atom stereocenters. The lowest BCUT2D eigenvalue weighted by Gasteiger charge is -2.12. The summed E-state index contributed by atoms with van der Waals surface area (Å²) in [4.78, 5) is 10.0. The Hall–Kier alpha value is -1.78. The second kappa shape index (κ2) is 4.63. The molecule has 5 nitrogen and oxygen atoms in total. The fourth-order valence-electron chi connectivity index (χ4n) is 1.12. The molecule has 0 N–H and O–H groups in total. The summed E-state index contributed by atoms with van der Waals surface area (Å²) in [5.74, 6) is 0.885. The summed E-state index contributed by atoms with van der Waals surface area (Å²) in [5.41, 5.74) is -0.0112. The van der Waals surface area contributed by atoms with Gasteiger partial charge >= 0.3 is 0 Å². The van der Waals surface area contributed by atoms with Gasteiger partial charge in [0.2, 0.25) is 0 Å². The van der Waals surface area contributed by atoms with Crippen molar-refractivity contribution in [2.45, 2.75) is 20.0 Å². The number of hydrogen-bond donors (Lipinski definition) is 0. The van der Waals surface area contributed by atoms with Gasteiger partial charge in [-0.15, -0.1) is 0 Å². The van der Waals surface area contributed by atoms with Crippen LogP contribution in [0.4, 0.5) is 5.69 Å². The van der Waals surface area contributed by atoms with E-state index < -0.39 is 4.92 Å². The van der Waals surface area contributed by atoms with Gasteiger partial charge in [-0.05, 0) is 19.9 Å². The number of non-ortho nitro benzene ring substituents is 1. The van der Waals surface area contributed by atoms with Crippen LogP contribution in [0, 0.1) is 10.1 Å². The van der Waals surface area contributed by atoms with Crippen molar-refractivity contribution in [3.8, 4) is 11.5 Å². The van der Waals surface area contributed by atoms with Crippen LogP contribution in [-0.2, 0) is 0 Å². The Labute approximate surface area is 87.8 Å². The van der Waals surface area contributed by atoms with E-state index in [1.807, 2.05) is 13.8 Å². The lowest BCUT2D eigenvalue weighted by molar-refractivity contribution is -0.385. The second-order valence-corrected chi connectivity index (χ2v) is 3.26. The normalized spacial score (nSPS) is 10.1. The average molecular weight is 211 g/mol. The average Bonchev–Trinajstić information content (AvgIpc) is 2.17. The Morgan fingerprint density at radius 3 is 2.47 bits per heavy atom. The quantitative estimate of drug-likeness (QED) is 0.566. The zero-order valence-electron chi connectivity index (χ0n) is 8.89. The van der Waals surface area contributed by atoms with Gasteiger partial charge in [0, 0.05) is 6.07 Å². The van der Waals surface area contributed by atoms with Crippen LogP contribution in [0.1, 0.15) is 13.8 Å². The molecular formula is C10H13NO4. The topological polar surface area (TPSA) is 61.6 Å². The first-order valence-corrected chi connectivity index (χ1v) is 4.53. The molecule has 0 atom stereocenters. The zero-order chi connectivity index (χ0) is 11.4. The van der Waals surface area contributed by atoms with Crippen LogP contribution in [0.2, 0.25) is 0 Å². The highest BCUT2D eigenvalue weighted by Crippen LogP contribution is 2.31. The van der Waals surface area contributed by atoms with E-state index in [-0.39, 0.29) is 11.8 Å². The van der Waals surface area contributed by atoms with Crippen molar-refractivity contribution >= 4 is 5.69 Å². The summed E-state index contributed by atoms with van der Waals surface area (Å²) >= 11 is 0. The number of methoxy groups -OCH3 is 1. The summed E-state index contributed by atoms with van der Waals surface area (Å²) in [5, 5.41) is 10.5. The van der Waals surface area contributed by atoms with Gasteiger partial charge in [0.25, 0.3) is 5.69 Å². The first kappa shape index (κ1) is 11.3. The Balaban J connectivity index is 3.03. The fraction of sp³-hybridized carbons (Fsp3) is 0.400. The minimum Gasteiger partial charge on any atom is -0.493 e.